The fourth-order valence-electron chi connectivity index (χ4n) is 1.92. The van der Waals surface area contributed by atoms with Crippen molar-refractivity contribution in [3.05, 3.63) is 66.2 Å². The first-order chi connectivity index (χ1) is 8.77. The molecular weight excluding hydrogens is 240 g/mol. The van der Waals surface area contributed by atoms with Gasteiger partial charge in [0.15, 0.2) is 0 Å². The van der Waals surface area contributed by atoms with E-state index in [1.165, 1.54) is 5.56 Å². The summed E-state index contributed by atoms with van der Waals surface area (Å²) in [6.07, 6.45) is 0.950. The molecule has 0 heterocycles. The number of benzene rings is 2. The monoisotopic (exact) mass is 258 g/mol. The van der Waals surface area contributed by atoms with Crippen LogP contribution >= 0.6 is 0 Å². The van der Waals surface area contributed by atoms with Crippen molar-refractivity contribution in [2.24, 2.45) is 0 Å². The molecule has 1 nitrogen and oxygen atoms in total. The SMILES string of the molecule is CC(CCS(=O)c1ccccc1)c1ccccc1. The molecule has 94 valence electrons. The van der Waals surface area contributed by atoms with E-state index in [4.69, 9.17) is 0 Å². The lowest BCUT2D eigenvalue weighted by molar-refractivity contribution is 0.671. The Hall–Kier alpha value is -1.41. The summed E-state index contributed by atoms with van der Waals surface area (Å²) >= 11 is 0. The summed E-state index contributed by atoms with van der Waals surface area (Å²) in [6.45, 7) is 2.19. The highest BCUT2D eigenvalue weighted by molar-refractivity contribution is 7.85. The van der Waals surface area contributed by atoms with Gasteiger partial charge in [-0.3, -0.25) is 4.21 Å². The minimum atomic E-state index is -0.878. The van der Waals surface area contributed by atoms with Crippen molar-refractivity contribution in [2.75, 3.05) is 5.75 Å². The van der Waals surface area contributed by atoms with E-state index in [2.05, 4.69) is 31.2 Å². The van der Waals surface area contributed by atoms with E-state index in [-0.39, 0.29) is 0 Å². The minimum Gasteiger partial charge on any atom is -0.254 e. The summed E-state index contributed by atoms with van der Waals surface area (Å²) in [5, 5.41) is 0. The quantitative estimate of drug-likeness (QED) is 0.792. The molecule has 0 aliphatic carbocycles. The molecule has 0 aliphatic rings. The highest BCUT2D eigenvalue weighted by atomic mass is 32.2. The summed E-state index contributed by atoms with van der Waals surface area (Å²) in [4.78, 5) is 0.928. The second-order valence-electron chi connectivity index (χ2n) is 4.46. The van der Waals surface area contributed by atoms with Gasteiger partial charge in [-0.2, -0.15) is 0 Å². The second-order valence-corrected chi connectivity index (χ2v) is 6.03. The van der Waals surface area contributed by atoms with E-state index in [9.17, 15) is 4.21 Å². The van der Waals surface area contributed by atoms with Crippen molar-refractivity contribution < 1.29 is 4.21 Å². The molecule has 2 rings (SSSR count). The van der Waals surface area contributed by atoms with Gasteiger partial charge in [-0.15, -0.1) is 0 Å². The third-order valence-electron chi connectivity index (χ3n) is 3.11. The molecular formula is C16H18OS. The first kappa shape index (κ1) is 13.0. The van der Waals surface area contributed by atoms with Crippen LogP contribution in [-0.4, -0.2) is 9.96 Å². The van der Waals surface area contributed by atoms with Crippen LogP contribution in [0.2, 0.25) is 0 Å². The van der Waals surface area contributed by atoms with Gasteiger partial charge in [-0.05, 0) is 30.0 Å². The van der Waals surface area contributed by atoms with Gasteiger partial charge in [0, 0.05) is 10.6 Å². The molecule has 2 aromatic carbocycles. The van der Waals surface area contributed by atoms with Crippen molar-refractivity contribution in [3.63, 3.8) is 0 Å². The summed E-state index contributed by atoms with van der Waals surface area (Å²) in [5.74, 6) is 1.18. The average molecular weight is 258 g/mol. The lowest BCUT2D eigenvalue weighted by atomic mass is 9.99. The predicted molar refractivity (Wildman–Crippen MR) is 77.2 cm³/mol. The van der Waals surface area contributed by atoms with Crippen molar-refractivity contribution in [2.45, 2.75) is 24.2 Å². The zero-order valence-electron chi connectivity index (χ0n) is 10.6. The molecule has 2 unspecified atom stereocenters. The minimum absolute atomic E-state index is 0.457. The van der Waals surface area contributed by atoms with Gasteiger partial charge in [-0.25, -0.2) is 0 Å². The van der Waals surface area contributed by atoms with Gasteiger partial charge in [0.05, 0.1) is 10.8 Å². The van der Waals surface area contributed by atoms with Crippen molar-refractivity contribution >= 4 is 10.8 Å². The van der Waals surface area contributed by atoms with Gasteiger partial charge in [0.25, 0.3) is 0 Å². The van der Waals surface area contributed by atoms with Gasteiger partial charge >= 0.3 is 0 Å². The van der Waals surface area contributed by atoms with Gasteiger partial charge in [-0.1, -0.05) is 55.5 Å². The average Bonchev–Trinajstić information content (AvgIpc) is 2.46. The maximum absolute atomic E-state index is 12.1. The molecule has 0 bridgehead atoms. The number of hydrogen-bond acceptors (Lipinski definition) is 1. The molecule has 18 heavy (non-hydrogen) atoms. The van der Waals surface area contributed by atoms with Crippen molar-refractivity contribution in [3.8, 4) is 0 Å². The van der Waals surface area contributed by atoms with Crippen LogP contribution in [0, 0.1) is 0 Å². The van der Waals surface area contributed by atoms with Crippen LogP contribution in [0.4, 0.5) is 0 Å². The topological polar surface area (TPSA) is 17.1 Å². The molecule has 0 aliphatic heterocycles. The third kappa shape index (κ3) is 3.54. The van der Waals surface area contributed by atoms with E-state index in [1.807, 2.05) is 36.4 Å². The van der Waals surface area contributed by atoms with Gasteiger partial charge in [0.1, 0.15) is 0 Å². The molecule has 0 saturated heterocycles. The molecule has 0 amide bonds. The smallest absolute Gasteiger partial charge is 0.0529 e. The molecule has 2 heteroatoms. The van der Waals surface area contributed by atoms with E-state index in [1.54, 1.807) is 0 Å². The predicted octanol–water partition coefficient (Wildman–Crippen LogP) is 3.99. The van der Waals surface area contributed by atoms with E-state index in [0.29, 0.717) is 5.92 Å². The highest BCUT2D eigenvalue weighted by Crippen LogP contribution is 2.19. The maximum Gasteiger partial charge on any atom is 0.0529 e. The standard InChI is InChI=1S/C16H18OS/c1-14(15-8-4-2-5-9-15)12-13-18(17)16-10-6-3-7-11-16/h2-11,14H,12-13H2,1H3. The van der Waals surface area contributed by atoms with Gasteiger partial charge < -0.3 is 0 Å². The third-order valence-corrected chi connectivity index (χ3v) is 4.52. The molecule has 2 atom stereocenters. The Morgan fingerprint density at radius 3 is 2.11 bits per heavy atom. The van der Waals surface area contributed by atoms with Crippen LogP contribution in [-0.2, 0) is 10.8 Å². The lowest BCUT2D eigenvalue weighted by Gasteiger charge is -2.11. The first-order valence-electron chi connectivity index (χ1n) is 6.26. The fraction of sp³-hybridized carbons (Fsp3) is 0.250. The van der Waals surface area contributed by atoms with E-state index >= 15 is 0 Å². The van der Waals surface area contributed by atoms with Crippen molar-refractivity contribution in [1.82, 2.24) is 0 Å². The molecule has 0 spiro atoms. The Balaban J connectivity index is 1.91. The van der Waals surface area contributed by atoms with Crippen LogP contribution in [0.1, 0.15) is 24.8 Å². The molecule has 2 aromatic rings. The summed E-state index contributed by atoms with van der Waals surface area (Å²) in [7, 11) is -0.878. The van der Waals surface area contributed by atoms with Crippen LogP contribution in [0.3, 0.4) is 0 Å². The molecule has 0 N–H and O–H groups in total. The van der Waals surface area contributed by atoms with Crippen molar-refractivity contribution in [1.29, 1.82) is 0 Å². The Morgan fingerprint density at radius 1 is 0.944 bits per heavy atom. The van der Waals surface area contributed by atoms with Crippen LogP contribution < -0.4 is 0 Å². The zero-order chi connectivity index (χ0) is 12.8. The van der Waals surface area contributed by atoms with Crippen LogP contribution in [0.25, 0.3) is 0 Å². The van der Waals surface area contributed by atoms with Crippen LogP contribution in [0.15, 0.2) is 65.6 Å². The Bertz CT molecular complexity index is 493. The highest BCUT2D eigenvalue weighted by Gasteiger charge is 2.08. The second kappa shape index (κ2) is 6.50. The van der Waals surface area contributed by atoms with E-state index in [0.717, 1.165) is 17.1 Å². The van der Waals surface area contributed by atoms with Crippen LogP contribution in [0.5, 0.6) is 0 Å². The zero-order valence-corrected chi connectivity index (χ0v) is 11.4. The maximum atomic E-state index is 12.1. The lowest BCUT2D eigenvalue weighted by Crippen LogP contribution is -2.03. The summed E-state index contributed by atoms with van der Waals surface area (Å²) in [5.41, 5.74) is 1.32. The molecule has 0 fully saturated rings. The summed E-state index contributed by atoms with van der Waals surface area (Å²) < 4.78 is 12.1. The van der Waals surface area contributed by atoms with E-state index < -0.39 is 10.8 Å². The normalized spacial score (nSPS) is 14.1. The fourth-order valence-corrected chi connectivity index (χ4v) is 3.19. The van der Waals surface area contributed by atoms with Gasteiger partial charge in [0.2, 0.25) is 0 Å². The molecule has 0 radical (unpaired) electrons. The summed E-state index contributed by atoms with van der Waals surface area (Å²) in [6, 6.07) is 20.1. The molecule has 0 saturated carbocycles. The Kier molecular flexibility index (Phi) is 4.71. The molecule has 0 aromatic heterocycles. The number of rotatable bonds is 5. The Labute approximate surface area is 111 Å². The largest absolute Gasteiger partial charge is 0.254 e. The first-order valence-corrected chi connectivity index (χ1v) is 7.57. The Morgan fingerprint density at radius 2 is 1.50 bits per heavy atom. The number of hydrogen-bond donors (Lipinski definition) is 0.